The maximum Gasteiger partial charge on any atom is 0.0962 e. The average molecular weight is 182 g/mol. The molecule has 0 aromatic heterocycles. The Balaban J connectivity index is 2.83. The van der Waals surface area contributed by atoms with Crippen molar-refractivity contribution < 1.29 is 0 Å². The van der Waals surface area contributed by atoms with Crippen LogP contribution in [-0.2, 0) is 0 Å². The Hall–Kier alpha value is -0.530. The Kier molecular flexibility index (Phi) is 2.99. The lowest BCUT2D eigenvalue weighted by Gasteiger charge is -2.31. The van der Waals surface area contributed by atoms with Crippen LogP contribution in [0.15, 0.2) is 4.99 Å². The summed E-state index contributed by atoms with van der Waals surface area (Å²) in [5.74, 6) is 2.52. The molecular weight excluding hydrogens is 160 g/mol. The van der Waals surface area contributed by atoms with Crippen molar-refractivity contribution in [2.24, 2.45) is 16.8 Å². The van der Waals surface area contributed by atoms with Gasteiger partial charge in [-0.15, -0.1) is 0 Å². The summed E-state index contributed by atoms with van der Waals surface area (Å²) in [6, 6.07) is 1.09. The van der Waals surface area contributed by atoms with Gasteiger partial charge in [-0.3, -0.25) is 4.99 Å². The first kappa shape index (κ1) is 10.6. The van der Waals surface area contributed by atoms with Crippen LogP contribution in [0, 0.1) is 11.8 Å². The third kappa shape index (κ3) is 1.87. The topological polar surface area (TPSA) is 15.6 Å². The fraction of sp³-hybridized carbons (Fsp3) is 0.909. The van der Waals surface area contributed by atoms with Gasteiger partial charge >= 0.3 is 0 Å². The molecule has 2 atom stereocenters. The fourth-order valence-corrected chi connectivity index (χ4v) is 2.21. The first-order valence-corrected chi connectivity index (χ1v) is 5.22. The van der Waals surface area contributed by atoms with Crippen LogP contribution in [0.4, 0.5) is 0 Å². The van der Waals surface area contributed by atoms with Crippen LogP contribution < -0.4 is 0 Å². The lowest BCUT2D eigenvalue weighted by Crippen LogP contribution is -2.41. The molecule has 2 unspecified atom stereocenters. The van der Waals surface area contributed by atoms with Gasteiger partial charge < -0.3 is 4.90 Å². The van der Waals surface area contributed by atoms with Crippen molar-refractivity contribution in [3.63, 3.8) is 0 Å². The minimum atomic E-state index is 0.491. The van der Waals surface area contributed by atoms with Crippen molar-refractivity contribution in [1.82, 2.24) is 4.90 Å². The van der Waals surface area contributed by atoms with Crippen molar-refractivity contribution in [3.8, 4) is 0 Å². The molecule has 0 saturated carbocycles. The number of hydrogen-bond donors (Lipinski definition) is 0. The molecule has 1 heterocycles. The van der Waals surface area contributed by atoms with E-state index >= 15 is 0 Å². The molecule has 1 aliphatic rings. The van der Waals surface area contributed by atoms with E-state index < -0.39 is 0 Å². The van der Waals surface area contributed by atoms with Crippen LogP contribution in [0.3, 0.4) is 0 Å². The van der Waals surface area contributed by atoms with Gasteiger partial charge in [0.25, 0.3) is 0 Å². The Bertz CT molecular complexity index is 206. The average Bonchev–Trinajstić information content (AvgIpc) is 2.28. The van der Waals surface area contributed by atoms with Gasteiger partial charge in [0.15, 0.2) is 0 Å². The van der Waals surface area contributed by atoms with Crippen LogP contribution in [0.1, 0.15) is 34.6 Å². The summed E-state index contributed by atoms with van der Waals surface area (Å²) in [5, 5.41) is 0. The third-order valence-corrected chi connectivity index (χ3v) is 3.01. The lowest BCUT2D eigenvalue weighted by molar-refractivity contribution is 0.242. The quantitative estimate of drug-likeness (QED) is 0.640. The smallest absolute Gasteiger partial charge is 0.0962 e. The molecule has 13 heavy (non-hydrogen) atoms. The van der Waals surface area contributed by atoms with Crippen molar-refractivity contribution in [1.29, 1.82) is 0 Å². The van der Waals surface area contributed by atoms with Gasteiger partial charge in [0.2, 0.25) is 0 Å². The Morgan fingerprint density at radius 3 is 2.00 bits per heavy atom. The highest BCUT2D eigenvalue weighted by molar-refractivity contribution is 5.81. The molecule has 0 bridgehead atoms. The van der Waals surface area contributed by atoms with E-state index in [-0.39, 0.29) is 0 Å². The maximum atomic E-state index is 4.71. The van der Waals surface area contributed by atoms with Crippen LogP contribution >= 0.6 is 0 Å². The van der Waals surface area contributed by atoms with E-state index in [9.17, 15) is 0 Å². The number of nitrogens with zero attached hydrogens (tertiary/aromatic N) is 2. The standard InChI is InChI=1S/C11H22N2/c1-7(2)10-11(8(3)4)13(6)9(5)12-10/h7-8,10-11H,1-6H3. The van der Waals surface area contributed by atoms with E-state index in [0.717, 1.165) is 0 Å². The Labute approximate surface area is 82.0 Å². The first-order chi connectivity index (χ1) is 5.95. The highest BCUT2D eigenvalue weighted by Crippen LogP contribution is 2.27. The van der Waals surface area contributed by atoms with Crippen LogP contribution in [0.5, 0.6) is 0 Å². The van der Waals surface area contributed by atoms with Crippen molar-refractivity contribution in [2.75, 3.05) is 7.05 Å². The van der Waals surface area contributed by atoms with Crippen molar-refractivity contribution in [3.05, 3.63) is 0 Å². The van der Waals surface area contributed by atoms with E-state index in [0.29, 0.717) is 23.9 Å². The van der Waals surface area contributed by atoms with Crippen molar-refractivity contribution >= 4 is 5.84 Å². The third-order valence-electron chi connectivity index (χ3n) is 3.01. The second-order valence-corrected chi connectivity index (χ2v) is 4.76. The Morgan fingerprint density at radius 1 is 1.15 bits per heavy atom. The predicted octanol–water partition coefficient (Wildman–Crippen LogP) is 2.40. The molecule has 0 radical (unpaired) electrons. The predicted molar refractivity (Wildman–Crippen MR) is 58.1 cm³/mol. The van der Waals surface area contributed by atoms with Gasteiger partial charge in [-0.05, 0) is 18.8 Å². The summed E-state index contributed by atoms with van der Waals surface area (Å²) in [6.07, 6.45) is 0. The fourth-order valence-electron chi connectivity index (χ4n) is 2.21. The monoisotopic (exact) mass is 182 g/mol. The molecule has 0 N–H and O–H groups in total. The molecule has 0 spiro atoms. The summed E-state index contributed by atoms with van der Waals surface area (Å²) in [5.41, 5.74) is 0. The van der Waals surface area contributed by atoms with Crippen molar-refractivity contribution in [2.45, 2.75) is 46.7 Å². The minimum absolute atomic E-state index is 0.491. The maximum absolute atomic E-state index is 4.71. The van der Waals surface area contributed by atoms with E-state index in [1.807, 2.05) is 0 Å². The highest BCUT2D eigenvalue weighted by atomic mass is 15.3. The largest absolute Gasteiger partial charge is 0.358 e. The number of amidine groups is 1. The van der Waals surface area contributed by atoms with E-state index in [1.54, 1.807) is 0 Å². The zero-order valence-electron chi connectivity index (χ0n) is 9.70. The molecule has 0 aromatic rings. The zero-order valence-corrected chi connectivity index (χ0v) is 9.70. The van der Waals surface area contributed by atoms with E-state index in [2.05, 4.69) is 46.6 Å². The number of likely N-dealkylation sites (N-methyl/N-ethyl adjacent to an activating group) is 1. The molecule has 0 saturated heterocycles. The molecule has 76 valence electrons. The first-order valence-electron chi connectivity index (χ1n) is 5.22. The minimum Gasteiger partial charge on any atom is -0.358 e. The van der Waals surface area contributed by atoms with Gasteiger partial charge in [0.1, 0.15) is 0 Å². The molecule has 1 rings (SSSR count). The second kappa shape index (κ2) is 3.69. The van der Waals surface area contributed by atoms with Crippen LogP contribution in [-0.4, -0.2) is 29.9 Å². The number of rotatable bonds is 2. The SMILES string of the molecule is CC1=NC(C(C)C)C(C(C)C)N1C. The normalized spacial score (nSPS) is 28.9. The van der Waals surface area contributed by atoms with Gasteiger partial charge in [-0.1, -0.05) is 27.7 Å². The Morgan fingerprint density at radius 2 is 1.69 bits per heavy atom. The molecular formula is C11H22N2. The molecule has 1 aliphatic heterocycles. The highest BCUT2D eigenvalue weighted by Gasteiger charge is 2.35. The molecule has 0 fully saturated rings. The molecule has 2 heteroatoms. The zero-order chi connectivity index (χ0) is 10.2. The summed E-state index contributed by atoms with van der Waals surface area (Å²) in [6.45, 7) is 11.2. The number of aliphatic imine (C=N–C) groups is 1. The number of hydrogen-bond acceptors (Lipinski definition) is 2. The molecule has 2 nitrogen and oxygen atoms in total. The summed E-state index contributed by atoms with van der Waals surface area (Å²) < 4.78 is 0. The van der Waals surface area contributed by atoms with Gasteiger partial charge in [0.05, 0.1) is 17.9 Å². The van der Waals surface area contributed by atoms with Gasteiger partial charge in [0, 0.05) is 7.05 Å². The second-order valence-electron chi connectivity index (χ2n) is 4.76. The van der Waals surface area contributed by atoms with Crippen LogP contribution in [0.2, 0.25) is 0 Å². The van der Waals surface area contributed by atoms with Gasteiger partial charge in [-0.25, -0.2) is 0 Å². The van der Waals surface area contributed by atoms with E-state index in [4.69, 9.17) is 4.99 Å². The molecule has 0 aromatic carbocycles. The summed E-state index contributed by atoms with van der Waals surface area (Å²) in [7, 11) is 2.16. The lowest BCUT2D eigenvalue weighted by atomic mass is 9.90. The summed E-state index contributed by atoms with van der Waals surface area (Å²) >= 11 is 0. The van der Waals surface area contributed by atoms with Gasteiger partial charge in [-0.2, -0.15) is 0 Å². The summed E-state index contributed by atoms with van der Waals surface area (Å²) in [4.78, 5) is 7.04. The van der Waals surface area contributed by atoms with E-state index in [1.165, 1.54) is 5.84 Å². The van der Waals surface area contributed by atoms with Crippen LogP contribution in [0.25, 0.3) is 0 Å². The molecule has 0 amide bonds. The molecule has 0 aliphatic carbocycles.